The first kappa shape index (κ1) is 12.7. The Kier molecular flexibility index (Phi) is 3.75. The van der Waals surface area contributed by atoms with E-state index in [0.717, 1.165) is 5.56 Å². The molecule has 18 heavy (non-hydrogen) atoms. The smallest absolute Gasteiger partial charge is 0.321 e. The van der Waals surface area contributed by atoms with E-state index in [2.05, 4.69) is 5.32 Å². The van der Waals surface area contributed by atoms with Crippen LogP contribution in [0.2, 0.25) is 0 Å². The third kappa shape index (κ3) is 2.75. The van der Waals surface area contributed by atoms with E-state index in [1.165, 1.54) is 0 Å². The molecule has 2 N–H and O–H groups in total. The van der Waals surface area contributed by atoms with Gasteiger partial charge in [-0.15, -0.1) is 0 Å². The summed E-state index contributed by atoms with van der Waals surface area (Å²) >= 11 is 0. The van der Waals surface area contributed by atoms with E-state index in [-0.39, 0.29) is 11.8 Å². The van der Waals surface area contributed by atoms with Gasteiger partial charge in [-0.05, 0) is 17.7 Å². The molecule has 1 aromatic rings. The molecule has 94 valence electrons. The van der Waals surface area contributed by atoms with Crippen molar-refractivity contribution in [1.29, 1.82) is 5.26 Å². The monoisotopic (exact) mass is 264 g/mol. The van der Waals surface area contributed by atoms with E-state index in [0.29, 0.717) is 11.3 Å². The minimum atomic E-state index is -1.14. The van der Waals surface area contributed by atoms with Crippen LogP contribution in [-0.2, 0) is 15.6 Å². The molecule has 5 nitrogen and oxygen atoms in total. The molecule has 0 aliphatic carbocycles. The summed E-state index contributed by atoms with van der Waals surface area (Å²) in [4.78, 5) is 10.9. The molecule has 6 heteroatoms. The number of rotatable bonds is 2. The molecule has 0 amide bonds. The Morgan fingerprint density at radius 1 is 1.39 bits per heavy atom. The molecule has 1 aliphatic rings. The lowest BCUT2D eigenvalue weighted by atomic mass is 10.1. The Labute approximate surface area is 107 Å². The highest BCUT2D eigenvalue weighted by Crippen LogP contribution is 2.19. The van der Waals surface area contributed by atoms with E-state index < -0.39 is 22.8 Å². The summed E-state index contributed by atoms with van der Waals surface area (Å²) in [6.45, 7) is 0. The fourth-order valence-electron chi connectivity index (χ4n) is 1.90. The van der Waals surface area contributed by atoms with Crippen LogP contribution in [0.3, 0.4) is 0 Å². The Hall–Kier alpha value is -1.71. The first-order valence-corrected chi connectivity index (χ1v) is 6.93. The molecule has 0 radical (unpaired) electrons. The second-order valence-electron chi connectivity index (χ2n) is 4.12. The first-order chi connectivity index (χ1) is 8.60. The predicted molar refractivity (Wildman–Crippen MR) is 66.3 cm³/mol. The normalized spacial score (nSPS) is 27.4. The molecule has 2 rings (SSSR count). The number of carboxylic acid groups (broad SMARTS) is 1. The highest BCUT2D eigenvalue weighted by molar-refractivity contribution is 7.85. The zero-order valence-electron chi connectivity index (χ0n) is 9.50. The standard InChI is InChI=1S/C12H12N2O3S/c13-5-8-1-3-9(4-2-8)10-6-18(17)7-11(14-10)12(15)16/h1-4,10-11,14H,6-7H2,(H,15,16). The summed E-state index contributed by atoms with van der Waals surface area (Å²) in [6, 6.07) is 7.86. The molecule has 1 saturated heterocycles. The molecular formula is C12H12N2O3S. The van der Waals surface area contributed by atoms with Gasteiger partial charge in [-0.1, -0.05) is 12.1 Å². The van der Waals surface area contributed by atoms with Gasteiger partial charge in [0.25, 0.3) is 0 Å². The maximum Gasteiger partial charge on any atom is 0.321 e. The minimum absolute atomic E-state index is 0.141. The van der Waals surface area contributed by atoms with E-state index >= 15 is 0 Å². The number of aliphatic carboxylic acids is 1. The number of nitrogens with one attached hydrogen (secondary N) is 1. The van der Waals surface area contributed by atoms with Crippen LogP contribution in [0.4, 0.5) is 0 Å². The fraction of sp³-hybridized carbons (Fsp3) is 0.333. The maximum absolute atomic E-state index is 11.6. The van der Waals surface area contributed by atoms with Gasteiger partial charge < -0.3 is 5.11 Å². The van der Waals surface area contributed by atoms with Gasteiger partial charge in [-0.3, -0.25) is 14.3 Å². The summed E-state index contributed by atoms with van der Waals surface area (Å²) in [5, 5.41) is 20.6. The van der Waals surface area contributed by atoms with Crippen LogP contribution in [0.1, 0.15) is 17.2 Å². The highest BCUT2D eigenvalue weighted by atomic mass is 32.2. The number of nitriles is 1. The van der Waals surface area contributed by atoms with Gasteiger partial charge in [-0.2, -0.15) is 5.26 Å². The predicted octanol–water partition coefficient (Wildman–Crippen LogP) is 0.404. The Balaban J connectivity index is 2.19. The van der Waals surface area contributed by atoms with Crippen LogP contribution in [-0.4, -0.2) is 32.8 Å². The number of nitrogens with zero attached hydrogens (tertiary/aromatic N) is 1. The van der Waals surface area contributed by atoms with Crippen molar-refractivity contribution in [3.8, 4) is 6.07 Å². The third-order valence-corrected chi connectivity index (χ3v) is 4.26. The highest BCUT2D eigenvalue weighted by Gasteiger charge is 2.30. The maximum atomic E-state index is 11.6. The summed E-state index contributed by atoms with van der Waals surface area (Å²) < 4.78 is 11.6. The molecule has 3 atom stereocenters. The number of carbonyl (C=O) groups is 1. The van der Waals surface area contributed by atoms with E-state index in [4.69, 9.17) is 10.4 Å². The summed E-state index contributed by atoms with van der Waals surface area (Å²) in [6.07, 6.45) is 0. The summed E-state index contributed by atoms with van der Waals surface area (Å²) in [5.41, 5.74) is 1.40. The van der Waals surface area contributed by atoms with Crippen LogP contribution in [0.15, 0.2) is 24.3 Å². The van der Waals surface area contributed by atoms with Crippen molar-refractivity contribution in [3.05, 3.63) is 35.4 Å². The summed E-state index contributed by atoms with van der Waals surface area (Å²) in [7, 11) is -1.14. The van der Waals surface area contributed by atoms with E-state index in [1.807, 2.05) is 6.07 Å². The lowest BCUT2D eigenvalue weighted by Crippen LogP contribution is -2.49. The van der Waals surface area contributed by atoms with Crippen molar-refractivity contribution in [2.75, 3.05) is 11.5 Å². The van der Waals surface area contributed by atoms with Crippen LogP contribution >= 0.6 is 0 Å². The van der Waals surface area contributed by atoms with Crippen LogP contribution in [0, 0.1) is 11.3 Å². The Bertz CT molecular complexity index is 521. The minimum Gasteiger partial charge on any atom is -0.480 e. The molecule has 1 fully saturated rings. The third-order valence-electron chi connectivity index (χ3n) is 2.85. The Morgan fingerprint density at radius 2 is 2.06 bits per heavy atom. The van der Waals surface area contributed by atoms with Crippen molar-refractivity contribution in [2.45, 2.75) is 12.1 Å². The van der Waals surface area contributed by atoms with Crippen molar-refractivity contribution in [3.63, 3.8) is 0 Å². The zero-order chi connectivity index (χ0) is 13.1. The molecule has 1 aromatic carbocycles. The zero-order valence-corrected chi connectivity index (χ0v) is 10.3. The average molecular weight is 264 g/mol. The second-order valence-corrected chi connectivity index (χ2v) is 5.66. The van der Waals surface area contributed by atoms with E-state index in [1.54, 1.807) is 24.3 Å². The molecular weight excluding hydrogens is 252 g/mol. The van der Waals surface area contributed by atoms with Gasteiger partial charge in [0.1, 0.15) is 6.04 Å². The lowest BCUT2D eigenvalue weighted by molar-refractivity contribution is -0.139. The SMILES string of the molecule is N#Cc1ccc(C2CS(=O)CC(C(=O)O)N2)cc1. The fourth-order valence-corrected chi connectivity index (χ4v) is 3.31. The first-order valence-electron chi connectivity index (χ1n) is 5.44. The molecule has 0 spiro atoms. The average Bonchev–Trinajstić information content (AvgIpc) is 2.38. The molecule has 3 unspecified atom stereocenters. The molecule has 0 bridgehead atoms. The molecule has 1 heterocycles. The lowest BCUT2D eigenvalue weighted by Gasteiger charge is -2.28. The quantitative estimate of drug-likeness (QED) is 0.807. The van der Waals surface area contributed by atoms with Gasteiger partial charge in [-0.25, -0.2) is 0 Å². The van der Waals surface area contributed by atoms with Crippen molar-refractivity contribution in [2.24, 2.45) is 0 Å². The molecule has 0 aromatic heterocycles. The van der Waals surface area contributed by atoms with Crippen LogP contribution in [0.5, 0.6) is 0 Å². The number of hydrogen-bond donors (Lipinski definition) is 2. The second kappa shape index (κ2) is 5.29. The molecule has 0 saturated carbocycles. The van der Waals surface area contributed by atoms with Gasteiger partial charge in [0.05, 0.1) is 11.6 Å². The van der Waals surface area contributed by atoms with Gasteiger partial charge in [0, 0.05) is 28.3 Å². The van der Waals surface area contributed by atoms with Crippen LogP contribution < -0.4 is 5.32 Å². The largest absolute Gasteiger partial charge is 0.480 e. The Morgan fingerprint density at radius 3 is 2.61 bits per heavy atom. The van der Waals surface area contributed by atoms with Gasteiger partial charge >= 0.3 is 5.97 Å². The van der Waals surface area contributed by atoms with Crippen molar-refractivity contribution < 1.29 is 14.1 Å². The number of benzene rings is 1. The van der Waals surface area contributed by atoms with Crippen molar-refractivity contribution >= 4 is 16.8 Å². The van der Waals surface area contributed by atoms with Crippen molar-refractivity contribution in [1.82, 2.24) is 5.32 Å². The number of carboxylic acids is 1. The summed E-state index contributed by atoms with van der Waals surface area (Å²) in [5.74, 6) is -0.445. The van der Waals surface area contributed by atoms with E-state index in [9.17, 15) is 9.00 Å². The van der Waals surface area contributed by atoms with Gasteiger partial charge in [0.2, 0.25) is 0 Å². The topological polar surface area (TPSA) is 90.2 Å². The van der Waals surface area contributed by atoms with Crippen LogP contribution in [0.25, 0.3) is 0 Å². The van der Waals surface area contributed by atoms with Gasteiger partial charge in [0.15, 0.2) is 0 Å². The molecule has 1 aliphatic heterocycles. The number of hydrogen-bond acceptors (Lipinski definition) is 4.